The van der Waals surface area contributed by atoms with Crippen LogP contribution in [-0.4, -0.2) is 35.2 Å². The summed E-state index contributed by atoms with van der Waals surface area (Å²) in [6.45, 7) is 5.18. The van der Waals surface area contributed by atoms with Gasteiger partial charge in [-0.1, -0.05) is 37.1 Å². The fraction of sp³-hybridized carbons (Fsp3) is 0.750. The van der Waals surface area contributed by atoms with E-state index in [2.05, 4.69) is 36.2 Å². The van der Waals surface area contributed by atoms with Crippen molar-refractivity contribution >= 4 is 11.9 Å². The van der Waals surface area contributed by atoms with Crippen molar-refractivity contribution in [3.63, 3.8) is 0 Å². The zero-order valence-corrected chi connectivity index (χ0v) is 18.1. The van der Waals surface area contributed by atoms with Crippen LogP contribution in [0.15, 0.2) is 33.5 Å². The maximum absolute atomic E-state index is 11.5. The molecule has 6 heteroatoms. The number of rotatable bonds is 10. The van der Waals surface area contributed by atoms with E-state index >= 15 is 0 Å². The minimum atomic E-state index is -0.769. The van der Waals surface area contributed by atoms with E-state index in [-0.39, 0.29) is 23.7 Å². The van der Waals surface area contributed by atoms with Crippen LogP contribution in [0.4, 0.5) is 0 Å². The van der Waals surface area contributed by atoms with Crippen LogP contribution in [0.2, 0.25) is 0 Å². The molecule has 164 valence electrons. The molecular formula is C24H34N2O4. The molecule has 0 bridgehead atoms. The lowest BCUT2D eigenvalue weighted by molar-refractivity contribution is -0.145. The van der Waals surface area contributed by atoms with Gasteiger partial charge in [0, 0.05) is 10.8 Å². The van der Waals surface area contributed by atoms with E-state index < -0.39 is 11.9 Å². The number of nitrogens with zero attached hydrogens (tertiary/aromatic N) is 2. The van der Waals surface area contributed by atoms with E-state index in [0.29, 0.717) is 36.8 Å². The van der Waals surface area contributed by atoms with Crippen molar-refractivity contribution in [3.05, 3.63) is 23.3 Å². The first kappa shape index (κ1) is 21.3. The monoisotopic (exact) mass is 414 g/mol. The Hall–Kier alpha value is -1.98. The first-order chi connectivity index (χ1) is 14.3. The molecule has 6 nitrogen and oxygen atoms in total. The number of aliphatic carboxylic acids is 2. The molecule has 30 heavy (non-hydrogen) atoms. The predicted octanol–water partition coefficient (Wildman–Crippen LogP) is 5.11. The van der Waals surface area contributed by atoms with Crippen LogP contribution < -0.4 is 0 Å². The summed E-state index contributed by atoms with van der Waals surface area (Å²) in [5, 5.41) is 27.9. The average Bonchev–Trinajstić information content (AvgIpc) is 3.20. The maximum Gasteiger partial charge on any atom is 0.304 e. The lowest BCUT2D eigenvalue weighted by Gasteiger charge is -2.51. The minimum absolute atomic E-state index is 0.133. The van der Waals surface area contributed by atoms with Crippen molar-refractivity contribution in [2.24, 2.45) is 44.7 Å². The highest BCUT2D eigenvalue weighted by Crippen LogP contribution is 2.61. The summed E-state index contributed by atoms with van der Waals surface area (Å²) in [5.74, 6) is 0.193. The molecule has 0 spiro atoms. The highest BCUT2D eigenvalue weighted by Gasteiger charge is 2.57. The van der Waals surface area contributed by atoms with Gasteiger partial charge in [0.05, 0.1) is 25.9 Å². The van der Waals surface area contributed by atoms with Gasteiger partial charge in [0.25, 0.3) is 0 Å². The lowest BCUT2D eigenvalue weighted by atomic mass is 9.53. The Kier molecular flexibility index (Phi) is 5.62. The van der Waals surface area contributed by atoms with Crippen LogP contribution >= 0.6 is 0 Å². The van der Waals surface area contributed by atoms with E-state index in [0.717, 1.165) is 38.5 Å². The van der Waals surface area contributed by atoms with Crippen LogP contribution in [0.25, 0.3) is 0 Å². The molecule has 4 aliphatic carbocycles. The molecule has 0 aromatic rings. The third kappa shape index (κ3) is 3.63. The summed E-state index contributed by atoms with van der Waals surface area (Å²) >= 11 is 0. The van der Waals surface area contributed by atoms with Gasteiger partial charge in [0.1, 0.15) is 0 Å². The fourth-order valence-electron chi connectivity index (χ4n) is 6.93. The number of hydrogen-bond acceptors (Lipinski definition) is 4. The molecule has 0 amide bonds. The molecule has 2 saturated carbocycles. The Bertz CT molecular complexity index is 750. The second-order valence-corrected chi connectivity index (χ2v) is 10.2. The van der Waals surface area contributed by atoms with Crippen molar-refractivity contribution in [1.29, 1.82) is 0 Å². The Morgan fingerprint density at radius 3 is 1.60 bits per heavy atom. The Labute approximate surface area is 178 Å². The molecule has 0 aromatic carbocycles. The molecule has 4 rings (SSSR count). The predicted molar refractivity (Wildman–Crippen MR) is 113 cm³/mol. The van der Waals surface area contributed by atoms with Crippen molar-refractivity contribution in [1.82, 2.24) is 0 Å². The molecule has 4 aliphatic rings. The summed E-state index contributed by atoms with van der Waals surface area (Å²) in [6.07, 6.45) is 10.9. The van der Waals surface area contributed by atoms with Gasteiger partial charge < -0.3 is 10.2 Å². The molecule has 0 saturated heterocycles. The maximum atomic E-state index is 11.5. The number of allylic oxidation sites excluding steroid dienone is 4. The van der Waals surface area contributed by atoms with E-state index in [1.54, 1.807) is 0 Å². The third-order valence-corrected chi connectivity index (χ3v) is 8.43. The summed E-state index contributed by atoms with van der Waals surface area (Å²) in [5.41, 5.74) is 2.24. The molecule has 0 aromatic heterocycles. The van der Waals surface area contributed by atoms with Crippen LogP contribution in [0.5, 0.6) is 0 Å². The van der Waals surface area contributed by atoms with E-state index in [1.807, 2.05) is 0 Å². The van der Waals surface area contributed by atoms with Crippen LogP contribution in [0.1, 0.15) is 65.2 Å². The highest BCUT2D eigenvalue weighted by atomic mass is 16.4. The van der Waals surface area contributed by atoms with Crippen LogP contribution in [0.3, 0.4) is 0 Å². The van der Waals surface area contributed by atoms with E-state index in [1.165, 1.54) is 11.1 Å². The van der Waals surface area contributed by atoms with E-state index in [4.69, 9.17) is 0 Å². The number of azo groups is 1. The second kappa shape index (κ2) is 7.93. The normalized spacial score (nSPS) is 39.0. The van der Waals surface area contributed by atoms with Gasteiger partial charge in [-0.25, -0.2) is 0 Å². The summed E-state index contributed by atoms with van der Waals surface area (Å²) in [7, 11) is 0. The molecule has 2 fully saturated rings. The number of carbonyl (C=O) groups is 2. The second-order valence-electron chi connectivity index (χ2n) is 10.2. The first-order valence-corrected chi connectivity index (χ1v) is 11.5. The van der Waals surface area contributed by atoms with Crippen molar-refractivity contribution in [2.75, 3.05) is 13.1 Å². The molecule has 0 unspecified atom stereocenters. The zero-order valence-electron chi connectivity index (χ0n) is 18.1. The molecule has 0 heterocycles. The topological polar surface area (TPSA) is 99.3 Å². The van der Waals surface area contributed by atoms with Gasteiger partial charge in [-0.15, -0.1) is 0 Å². The van der Waals surface area contributed by atoms with Gasteiger partial charge in [0.15, 0.2) is 0 Å². The fourth-order valence-corrected chi connectivity index (χ4v) is 6.93. The lowest BCUT2D eigenvalue weighted by Crippen LogP contribution is -2.49. The van der Waals surface area contributed by atoms with Gasteiger partial charge in [-0.3, -0.25) is 9.59 Å². The highest BCUT2D eigenvalue weighted by molar-refractivity contribution is 5.68. The Morgan fingerprint density at radius 1 is 0.867 bits per heavy atom. The number of carboxylic acid groups (broad SMARTS) is 2. The van der Waals surface area contributed by atoms with Gasteiger partial charge >= 0.3 is 11.9 Å². The minimum Gasteiger partial charge on any atom is -0.481 e. The summed E-state index contributed by atoms with van der Waals surface area (Å²) in [6, 6.07) is 0. The SMILES string of the molecule is CCC1=C[C@@H]2[C@H](C1)C[C@]2(CN=NC[C@]1(CC(=O)O)C[C@H]2CC(CC)=C[C@H]21)CC(=O)O. The number of fused-ring (bicyclic) bond motifs is 2. The average molecular weight is 415 g/mol. The standard InChI is InChI=1S/C24H34N2O4/c1-3-15-5-17-9-23(11-21(27)28,19(17)7-15)13-25-26-14-24(12-22(29)30)10-18-6-16(4-2)8-20(18)24/h7-8,17-20H,3-6,9-14H2,1-2H3,(H,27,28)(H,29,30)/t17-,18-,19-,20-,23-,24-/m1/s1. The number of carboxylic acids is 2. The van der Waals surface area contributed by atoms with Crippen molar-refractivity contribution < 1.29 is 19.8 Å². The molecule has 2 N–H and O–H groups in total. The van der Waals surface area contributed by atoms with Crippen molar-refractivity contribution in [3.8, 4) is 0 Å². The van der Waals surface area contributed by atoms with Gasteiger partial charge in [-0.05, 0) is 62.2 Å². The summed E-state index contributed by atoms with van der Waals surface area (Å²) in [4.78, 5) is 23.1. The molecule has 6 atom stereocenters. The Balaban J connectivity index is 1.43. The largest absolute Gasteiger partial charge is 0.481 e. The smallest absolute Gasteiger partial charge is 0.304 e. The van der Waals surface area contributed by atoms with Crippen molar-refractivity contribution in [2.45, 2.75) is 65.2 Å². The zero-order chi connectivity index (χ0) is 21.5. The van der Waals surface area contributed by atoms with Gasteiger partial charge in [0.2, 0.25) is 0 Å². The summed E-state index contributed by atoms with van der Waals surface area (Å²) < 4.78 is 0. The van der Waals surface area contributed by atoms with Crippen LogP contribution in [-0.2, 0) is 9.59 Å². The van der Waals surface area contributed by atoms with Crippen LogP contribution in [0, 0.1) is 34.5 Å². The molecule has 0 aliphatic heterocycles. The quantitative estimate of drug-likeness (QED) is 0.383. The Morgan fingerprint density at radius 2 is 1.27 bits per heavy atom. The first-order valence-electron chi connectivity index (χ1n) is 11.5. The third-order valence-electron chi connectivity index (χ3n) is 8.43. The number of hydrogen-bond donors (Lipinski definition) is 2. The van der Waals surface area contributed by atoms with Gasteiger partial charge in [-0.2, -0.15) is 10.2 Å². The van der Waals surface area contributed by atoms with E-state index in [9.17, 15) is 19.8 Å². The molecular weight excluding hydrogens is 380 g/mol. The molecule has 0 radical (unpaired) electrons.